The van der Waals surface area contributed by atoms with Crippen LogP contribution in [0.4, 0.5) is 0 Å². The fourth-order valence-corrected chi connectivity index (χ4v) is 2.07. The molecule has 5 nitrogen and oxygen atoms in total. The number of amides is 1. The van der Waals surface area contributed by atoms with Crippen LogP contribution in [0.3, 0.4) is 0 Å². The molecule has 21 heavy (non-hydrogen) atoms. The highest BCUT2D eigenvalue weighted by atomic mass is 16.5. The number of nitrogens with one attached hydrogen (secondary N) is 1. The molecule has 0 saturated heterocycles. The van der Waals surface area contributed by atoms with E-state index in [2.05, 4.69) is 19.2 Å². The molecule has 0 bridgehead atoms. The van der Waals surface area contributed by atoms with Crippen LogP contribution in [0.15, 0.2) is 24.3 Å². The number of carboxylic acid groups (broad SMARTS) is 1. The molecule has 1 rings (SSSR count). The van der Waals surface area contributed by atoms with Crippen molar-refractivity contribution in [2.45, 2.75) is 45.6 Å². The maximum absolute atomic E-state index is 11.9. The lowest BCUT2D eigenvalue weighted by atomic mass is 10.0. The summed E-state index contributed by atoms with van der Waals surface area (Å²) in [4.78, 5) is 22.6. The van der Waals surface area contributed by atoms with E-state index in [9.17, 15) is 9.59 Å². The number of hydrogen-bond acceptors (Lipinski definition) is 3. The number of carbonyl (C=O) groups excluding carboxylic acids is 1. The molecule has 0 aliphatic heterocycles. The molecule has 0 radical (unpaired) electrons. The van der Waals surface area contributed by atoms with E-state index in [0.29, 0.717) is 11.7 Å². The molecule has 1 aromatic rings. The molecule has 0 spiro atoms. The Labute approximate surface area is 125 Å². The van der Waals surface area contributed by atoms with Gasteiger partial charge < -0.3 is 15.2 Å². The maximum Gasteiger partial charge on any atom is 0.305 e. The first-order valence-corrected chi connectivity index (χ1v) is 6.96. The average molecular weight is 293 g/mol. The summed E-state index contributed by atoms with van der Waals surface area (Å²) in [6, 6.07) is 7.57. The zero-order chi connectivity index (χ0) is 16.0. The predicted octanol–water partition coefficient (Wildman–Crippen LogP) is 2.56. The number of carbonyl (C=O) groups is 2. The van der Waals surface area contributed by atoms with Crippen LogP contribution in [0.25, 0.3) is 0 Å². The van der Waals surface area contributed by atoms with Crippen LogP contribution >= 0.6 is 0 Å². The van der Waals surface area contributed by atoms with E-state index in [0.717, 1.165) is 5.56 Å². The molecule has 0 aliphatic carbocycles. The fraction of sp³-hybridized carbons (Fsp3) is 0.500. The summed E-state index contributed by atoms with van der Waals surface area (Å²) < 4.78 is 5.55. The van der Waals surface area contributed by atoms with E-state index < -0.39 is 11.5 Å². The van der Waals surface area contributed by atoms with E-state index >= 15 is 0 Å². The van der Waals surface area contributed by atoms with Crippen LogP contribution in [-0.4, -0.2) is 29.1 Å². The highest BCUT2D eigenvalue weighted by molar-refractivity contribution is 5.79. The predicted molar refractivity (Wildman–Crippen MR) is 80.5 cm³/mol. The van der Waals surface area contributed by atoms with Crippen LogP contribution in [0.2, 0.25) is 0 Å². The van der Waals surface area contributed by atoms with Gasteiger partial charge in [0.2, 0.25) is 0 Å². The highest BCUT2D eigenvalue weighted by Crippen LogP contribution is 2.25. The van der Waals surface area contributed by atoms with Gasteiger partial charge in [-0.2, -0.15) is 0 Å². The zero-order valence-corrected chi connectivity index (χ0v) is 13.0. The molecular weight excluding hydrogens is 270 g/mol. The first-order chi connectivity index (χ1) is 9.71. The lowest BCUT2D eigenvalue weighted by Gasteiger charge is -2.24. The maximum atomic E-state index is 11.9. The Kier molecular flexibility index (Phi) is 5.76. The minimum atomic E-state index is -0.952. The van der Waals surface area contributed by atoms with E-state index in [4.69, 9.17) is 9.84 Å². The summed E-state index contributed by atoms with van der Waals surface area (Å²) in [5.41, 5.74) is 0.235. The molecule has 0 atom stereocenters. The van der Waals surface area contributed by atoms with Gasteiger partial charge in [-0.25, -0.2) is 0 Å². The van der Waals surface area contributed by atoms with Crippen molar-refractivity contribution < 1.29 is 19.4 Å². The van der Waals surface area contributed by atoms with Crippen molar-refractivity contribution >= 4 is 11.9 Å². The minimum absolute atomic E-state index is 0.132. The molecule has 0 heterocycles. The third-order valence-corrected chi connectivity index (χ3v) is 2.97. The monoisotopic (exact) mass is 293 g/mol. The molecule has 2 N–H and O–H groups in total. The highest BCUT2D eigenvalue weighted by Gasteiger charge is 2.24. The number of ether oxygens (including phenoxy) is 1. The van der Waals surface area contributed by atoms with Crippen molar-refractivity contribution in [3.05, 3.63) is 29.8 Å². The van der Waals surface area contributed by atoms with Gasteiger partial charge in [-0.15, -0.1) is 0 Å². The summed E-state index contributed by atoms with van der Waals surface area (Å²) in [7, 11) is 0. The summed E-state index contributed by atoms with van der Waals surface area (Å²) in [6.45, 7) is 7.31. The van der Waals surface area contributed by atoms with E-state index in [1.165, 1.54) is 0 Å². The second kappa shape index (κ2) is 7.11. The minimum Gasteiger partial charge on any atom is -0.483 e. The first kappa shape index (κ1) is 17.0. The van der Waals surface area contributed by atoms with Crippen molar-refractivity contribution in [1.29, 1.82) is 0 Å². The fourth-order valence-electron chi connectivity index (χ4n) is 2.07. The summed E-state index contributed by atoms with van der Waals surface area (Å²) in [5.74, 6) is -0.308. The third kappa shape index (κ3) is 5.85. The van der Waals surface area contributed by atoms with Crippen LogP contribution in [-0.2, 0) is 9.59 Å². The average Bonchev–Trinajstić information content (AvgIpc) is 2.34. The Hall–Kier alpha value is -2.04. The molecule has 0 aliphatic rings. The van der Waals surface area contributed by atoms with E-state index in [1.807, 2.05) is 24.3 Å². The summed E-state index contributed by atoms with van der Waals surface area (Å²) in [5, 5.41) is 11.4. The number of carboxylic acids is 1. The van der Waals surface area contributed by atoms with E-state index in [-0.39, 0.29) is 18.9 Å². The van der Waals surface area contributed by atoms with Crippen molar-refractivity contribution in [3.63, 3.8) is 0 Å². The lowest BCUT2D eigenvalue weighted by molar-refractivity contribution is -0.138. The van der Waals surface area contributed by atoms with Gasteiger partial charge in [-0.3, -0.25) is 9.59 Å². The van der Waals surface area contributed by atoms with Crippen molar-refractivity contribution in [2.75, 3.05) is 6.61 Å². The number of benzene rings is 1. The summed E-state index contributed by atoms with van der Waals surface area (Å²) in [6.07, 6.45) is -0.138. The molecule has 5 heteroatoms. The van der Waals surface area contributed by atoms with Crippen LogP contribution in [0, 0.1) is 0 Å². The van der Waals surface area contributed by atoms with Gasteiger partial charge in [0, 0.05) is 5.54 Å². The largest absolute Gasteiger partial charge is 0.483 e. The summed E-state index contributed by atoms with van der Waals surface area (Å²) >= 11 is 0. The Morgan fingerprint density at radius 2 is 1.90 bits per heavy atom. The Bertz CT molecular complexity index is 509. The number of para-hydroxylation sites is 1. The second-order valence-corrected chi connectivity index (χ2v) is 5.98. The van der Waals surface area contributed by atoms with Gasteiger partial charge in [0.1, 0.15) is 5.75 Å². The number of hydrogen-bond donors (Lipinski definition) is 2. The zero-order valence-electron chi connectivity index (χ0n) is 13.0. The topological polar surface area (TPSA) is 75.6 Å². The molecular formula is C16H23NO4. The molecule has 1 aromatic carbocycles. The van der Waals surface area contributed by atoms with Crippen LogP contribution in [0.5, 0.6) is 5.75 Å². The van der Waals surface area contributed by atoms with Gasteiger partial charge in [-0.1, -0.05) is 32.0 Å². The molecule has 1 amide bonds. The number of aliphatic carboxylic acids is 1. The van der Waals surface area contributed by atoms with Crippen LogP contribution < -0.4 is 10.1 Å². The van der Waals surface area contributed by atoms with Crippen molar-refractivity contribution in [3.8, 4) is 5.75 Å². The SMILES string of the molecule is CC(C)c1ccccc1OCC(=O)NC(C)(C)CC(=O)O. The molecule has 0 aromatic heterocycles. The van der Waals surface area contributed by atoms with Gasteiger partial charge in [0.15, 0.2) is 6.61 Å². The third-order valence-electron chi connectivity index (χ3n) is 2.97. The van der Waals surface area contributed by atoms with Gasteiger partial charge in [-0.05, 0) is 31.4 Å². The standard InChI is InChI=1S/C16H23NO4/c1-11(2)12-7-5-6-8-13(12)21-10-14(18)17-16(3,4)9-15(19)20/h5-8,11H,9-10H2,1-4H3,(H,17,18)(H,19,20). The molecule has 0 saturated carbocycles. The Balaban J connectivity index is 2.60. The normalized spacial score (nSPS) is 11.3. The van der Waals surface area contributed by atoms with E-state index in [1.54, 1.807) is 13.8 Å². The molecule has 0 fully saturated rings. The van der Waals surface area contributed by atoms with Gasteiger partial charge >= 0.3 is 5.97 Å². The smallest absolute Gasteiger partial charge is 0.305 e. The van der Waals surface area contributed by atoms with Crippen molar-refractivity contribution in [2.24, 2.45) is 0 Å². The van der Waals surface area contributed by atoms with Crippen molar-refractivity contribution in [1.82, 2.24) is 5.32 Å². The quantitative estimate of drug-likeness (QED) is 0.810. The van der Waals surface area contributed by atoms with Gasteiger partial charge in [0.05, 0.1) is 6.42 Å². The Morgan fingerprint density at radius 1 is 1.29 bits per heavy atom. The first-order valence-electron chi connectivity index (χ1n) is 6.96. The Morgan fingerprint density at radius 3 is 2.48 bits per heavy atom. The van der Waals surface area contributed by atoms with Crippen LogP contribution in [0.1, 0.15) is 45.6 Å². The lowest BCUT2D eigenvalue weighted by Crippen LogP contribution is -2.46. The molecule has 0 unspecified atom stereocenters. The van der Waals surface area contributed by atoms with Gasteiger partial charge in [0.25, 0.3) is 5.91 Å². The number of rotatable bonds is 7. The molecule has 116 valence electrons. The second-order valence-electron chi connectivity index (χ2n) is 5.98.